The molecule has 0 bridgehead atoms. The lowest BCUT2D eigenvalue weighted by molar-refractivity contribution is -0.112. The van der Waals surface area contributed by atoms with E-state index in [1.54, 1.807) is 32.9 Å². The molecule has 1 aliphatic heterocycles. The zero-order valence-electron chi connectivity index (χ0n) is 12.5. The first kappa shape index (κ1) is 14.3. The summed E-state index contributed by atoms with van der Waals surface area (Å²) in [6, 6.07) is 7.26. The smallest absolute Gasteiger partial charge is 0.422 e. The van der Waals surface area contributed by atoms with Gasteiger partial charge in [-0.15, -0.1) is 0 Å². The Kier molecular flexibility index (Phi) is 3.42. The van der Waals surface area contributed by atoms with E-state index in [1.165, 1.54) is 0 Å². The van der Waals surface area contributed by atoms with E-state index in [1.807, 2.05) is 26.0 Å². The molecule has 1 aromatic rings. The summed E-state index contributed by atoms with van der Waals surface area (Å²) in [5.41, 5.74) is 2.19. The molecule has 0 spiro atoms. The monoisotopic (exact) mass is 273 g/mol. The molecule has 0 atom stereocenters. The molecule has 0 radical (unpaired) electrons. The highest BCUT2D eigenvalue weighted by atomic mass is 16.6. The van der Waals surface area contributed by atoms with Crippen molar-refractivity contribution < 1.29 is 14.3 Å². The Morgan fingerprint density at radius 2 is 1.75 bits per heavy atom. The predicted octanol–water partition coefficient (Wildman–Crippen LogP) is 3.76. The fourth-order valence-electron chi connectivity index (χ4n) is 2.19. The minimum absolute atomic E-state index is 0.319. The van der Waals surface area contributed by atoms with Crippen LogP contribution in [0.5, 0.6) is 0 Å². The molecule has 0 aromatic heterocycles. The van der Waals surface area contributed by atoms with Crippen molar-refractivity contribution in [1.29, 1.82) is 0 Å². The molecule has 1 heterocycles. The minimum Gasteiger partial charge on any atom is -0.443 e. The fraction of sp³-hybridized carbons (Fsp3) is 0.375. The third-order valence-electron chi connectivity index (χ3n) is 2.91. The van der Waals surface area contributed by atoms with Crippen LogP contribution in [0.3, 0.4) is 0 Å². The van der Waals surface area contributed by atoms with Crippen LogP contribution in [-0.4, -0.2) is 17.6 Å². The van der Waals surface area contributed by atoms with E-state index in [0.717, 1.165) is 16.0 Å². The van der Waals surface area contributed by atoms with Gasteiger partial charge in [-0.3, -0.25) is 4.79 Å². The molecule has 4 nitrogen and oxygen atoms in total. The van der Waals surface area contributed by atoms with E-state index in [2.05, 4.69) is 0 Å². The van der Waals surface area contributed by atoms with E-state index in [-0.39, 0.29) is 5.91 Å². The lowest BCUT2D eigenvalue weighted by atomic mass is 10.0. The summed E-state index contributed by atoms with van der Waals surface area (Å²) < 4.78 is 5.32. The number of para-hydroxylation sites is 1. The van der Waals surface area contributed by atoms with E-state index in [4.69, 9.17) is 4.74 Å². The summed E-state index contributed by atoms with van der Waals surface area (Å²) in [5.74, 6) is -0.319. The molecule has 1 aromatic carbocycles. The number of carbonyl (C=O) groups excluding carboxylic acids is 2. The highest BCUT2D eigenvalue weighted by Crippen LogP contribution is 2.38. The van der Waals surface area contributed by atoms with E-state index in [0.29, 0.717) is 11.3 Å². The molecule has 0 saturated heterocycles. The summed E-state index contributed by atoms with van der Waals surface area (Å²) in [4.78, 5) is 25.9. The van der Waals surface area contributed by atoms with Gasteiger partial charge in [0.25, 0.3) is 5.91 Å². The van der Waals surface area contributed by atoms with Crippen LogP contribution in [-0.2, 0) is 9.53 Å². The number of benzene rings is 1. The third-order valence-corrected chi connectivity index (χ3v) is 2.91. The first-order chi connectivity index (χ1) is 9.22. The van der Waals surface area contributed by atoms with Crippen LogP contribution < -0.4 is 4.90 Å². The maximum atomic E-state index is 12.5. The van der Waals surface area contributed by atoms with Crippen molar-refractivity contribution in [1.82, 2.24) is 0 Å². The Morgan fingerprint density at radius 3 is 2.30 bits per heavy atom. The molecular formula is C16H19NO3. The maximum Gasteiger partial charge on any atom is 0.422 e. The third kappa shape index (κ3) is 2.46. The van der Waals surface area contributed by atoms with Crippen molar-refractivity contribution in [3.05, 3.63) is 35.4 Å². The zero-order chi connectivity index (χ0) is 15.1. The Labute approximate surface area is 119 Å². The number of ether oxygens (including phenoxy) is 1. The van der Waals surface area contributed by atoms with Crippen LogP contribution in [0.2, 0.25) is 0 Å². The van der Waals surface area contributed by atoms with Gasteiger partial charge >= 0.3 is 6.09 Å². The van der Waals surface area contributed by atoms with Gasteiger partial charge in [0.05, 0.1) is 5.69 Å². The number of allylic oxidation sites excluding steroid dienone is 1. The van der Waals surface area contributed by atoms with E-state index in [9.17, 15) is 9.59 Å². The summed E-state index contributed by atoms with van der Waals surface area (Å²) in [5, 5.41) is 0. The largest absolute Gasteiger partial charge is 0.443 e. The van der Waals surface area contributed by atoms with Crippen LogP contribution in [0.25, 0.3) is 5.57 Å². The summed E-state index contributed by atoms with van der Waals surface area (Å²) in [6.07, 6.45) is -0.633. The number of hydrogen-bond acceptors (Lipinski definition) is 3. The Bertz CT molecular complexity index is 604. The summed E-state index contributed by atoms with van der Waals surface area (Å²) in [6.45, 7) is 9.06. The van der Waals surface area contributed by atoms with E-state index < -0.39 is 11.7 Å². The fourth-order valence-corrected chi connectivity index (χ4v) is 2.19. The van der Waals surface area contributed by atoms with Crippen LogP contribution >= 0.6 is 0 Å². The molecule has 106 valence electrons. The number of carbonyl (C=O) groups is 2. The zero-order valence-corrected chi connectivity index (χ0v) is 12.5. The van der Waals surface area contributed by atoms with Gasteiger partial charge in [-0.2, -0.15) is 0 Å². The molecule has 0 N–H and O–H groups in total. The molecule has 0 unspecified atom stereocenters. The van der Waals surface area contributed by atoms with Gasteiger partial charge in [-0.1, -0.05) is 23.8 Å². The van der Waals surface area contributed by atoms with E-state index >= 15 is 0 Å². The van der Waals surface area contributed by atoms with Crippen molar-refractivity contribution in [2.75, 3.05) is 4.90 Å². The molecular weight excluding hydrogens is 254 g/mol. The number of amides is 2. The lowest BCUT2D eigenvalue weighted by Crippen LogP contribution is -2.38. The van der Waals surface area contributed by atoms with Gasteiger partial charge in [0.15, 0.2) is 0 Å². The standard InChI is InChI=1S/C16H19NO3/c1-10(2)13-11-8-6-7-9-12(11)17(14(13)18)15(19)20-16(3,4)5/h6-9H,1-5H3. The maximum absolute atomic E-state index is 12.5. The minimum atomic E-state index is -0.639. The summed E-state index contributed by atoms with van der Waals surface area (Å²) in [7, 11) is 0. The summed E-state index contributed by atoms with van der Waals surface area (Å²) >= 11 is 0. The highest BCUT2D eigenvalue weighted by Gasteiger charge is 2.39. The Balaban J connectivity index is 2.49. The SMILES string of the molecule is CC(C)=C1C(=O)N(C(=O)OC(C)(C)C)c2ccccc21. The second-order valence-corrected chi connectivity index (χ2v) is 6.01. The average molecular weight is 273 g/mol. The van der Waals surface area contributed by atoms with Crippen LogP contribution in [0.4, 0.5) is 10.5 Å². The van der Waals surface area contributed by atoms with Crippen molar-refractivity contribution in [3.8, 4) is 0 Å². The van der Waals surface area contributed by atoms with Crippen LogP contribution in [0.15, 0.2) is 29.8 Å². The second kappa shape index (κ2) is 4.78. The Hall–Kier alpha value is -2.10. The number of rotatable bonds is 0. The van der Waals surface area contributed by atoms with Crippen molar-refractivity contribution in [2.24, 2.45) is 0 Å². The average Bonchev–Trinajstić information content (AvgIpc) is 2.58. The first-order valence-corrected chi connectivity index (χ1v) is 6.56. The Morgan fingerprint density at radius 1 is 1.15 bits per heavy atom. The van der Waals surface area contributed by atoms with Gasteiger partial charge in [-0.25, -0.2) is 9.69 Å². The lowest BCUT2D eigenvalue weighted by Gasteiger charge is -2.23. The molecule has 0 fully saturated rings. The van der Waals surface area contributed by atoms with Gasteiger partial charge in [0.1, 0.15) is 5.60 Å². The molecule has 20 heavy (non-hydrogen) atoms. The molecule has 0 saturated carbocycles. The van der Waals surface area contributed by atoms with Gasteiger partial charge < -0.3 is 4.74 Å². The van der Waals surface area contributed by atoms with Crippen molar-refractivity contribution in [2.45, 2.75) is 40.2 Å². The predicted molar refractivity (Wildman–Crippen MR) is 78.4 cm³/mol. The van der Waals surface area contributed by atoms with Crippen molar-refractivity contribution in [3.63, 3.8) is 0 Å². The highest BCUT2D eigenvalue weighted by molar-refractivity contribution is 6.39. The number of fused-ring (bicyclic) bond motifs is 1. The number of hydrogen-bond donors (Lipinski definition) is 0. The number of nitrogens with zero attached hydrogens (tertiary/aromatic N) is 1. The van der Waals surface area contributed by atoms with Crippen molar-refractivity contribution >= 4 is 23.3 Å². The normalized spacial score (nSPS) is 14.3. The topological polar surface area (TPSA) is 46.6 Å². The molecule has 4 heteroatoms. The van der Waals surface area contributed by atoms with Gasteiger partial charge in [-0.05, 0) is 40.7 Å². The molecule has 0 aliphatic carbocycles. The quantitative estimate of drug-likeness (QED) is 0.676. The van der Waals surface area contributed by atoms with Gasteiger partial charge in [0, 0.05) is 11.1 Å². The number of imide groups is 1. The van der Waals surface area contributed by atoms with Gasteiger partial charge in [0.2, 0.25) is 0 Å². The first-order valence-electron chi connectivity index (χ1n) is 6.56. The number of anilines is 1. The molecule has 2 amide bonds. The van der Waals surface area contributed by atoms with Crippen LogP contribution in [0, 0.1) is 0 Å². The second-order valence-electron chi connectivity index (χ2n) is 6.01. The molecule has 1 aliphatic rings. The molecule has 2 rings (SSSR count). The van der Waals surface area contributed by atoms with Crippen LogP contribution in [0.1, 0.15) is 40.2 Å².